The standard InChI is InChI=1S/C8H12BrNOS/c1-5(4-10)7(11)8-6(9)2-3-12-8/h2-3,5,7,11H,4,10H2,1H3. The highest BCUT2D eigenvalue weighted by atomic mass is 79.9. The molecule has 1 rings (SSSR count). The zero-order valence-corrected chi connectivity index (χ0v) is 9.23. The zero-order valence-electron chi connectivity index (χ0n) is 6.83. The van der Waals surface area contributed by atoms with Crippen LogP contribution in [-0.2, 0) is 0 Å². The fraction of sp³-hybridized carbons (Fsp3) is 0.500. The molecule has 0 aliphatic carbocycles. The van der Waals surface area contributed by atoms with Crippen molar-refractivity contribution in [3.63, 3.8) is 0 Å². The summed E-state index contributed by atoms with van der Waals surface area (Å²) in [4.78, 5) is 0.966. The second kappa shape index (κ2) is 4.37. The molecular weight excluding hydrogens is 238 g/mol. The molecule has 2 unspecified atom stereocenters. The molecule has 0 aromatic carbocycles. The van der Waals surface area contributed by atoms with Crippen LogP contribution in [0, 0.1) is 5.92 Å². The molecule has 0 aliphatic rings. The first-order valence-electron chi connectivity index (χ1n) is 3.77. The van der Waals surface area contributed by atoms with Gasteiger partial charge in [-0.05, 0) is 39.8 Å². The van der Waals surface area contributed by atoms with Gasteiger partial charge < -0.3 is 10.8 Å². The number of aliphatic hydroxyl groups excluding tert-OH is 1. The Bertz CT molecular complexity index is 251. The van der Waals surface area contributed by atoms with E-state index in [1.807, 2.05) is 18.4 Å². The summed E-state index contributed by atoms with van der Waals surface area (Å²) in [6.07, 6.45) is -0.440. The molecule has 0 amide bonds. The van der Waals surface area contributed by atoms with Crippen LogP contribution in [0.25, 0.3) is 0 Å². The topological polar surface area (TPSA) is 46.2 Å². The molecule has 0 bridgehead atoms. The molecule has 4 heteroatoms. The first-order chi connectivity index (χ1) is 5.66. The summed E-state index contributed by atoms with van der Waals surface area (Å²) in [6, 6.07) is 1.94. The van der Waals surface area contributed by atoms with Gasteiger partial charge in [0, 0.05) is 9.35 Å². The van der Waals surface area contributed by atoms with Crippen molar-refractivity contribution in [1.29, 1.82) is 0 Å². The van der Waals surface area contributed by atoms with Gasteiger partial charge >= 0.3 is 0 Å². The monoisotopic (exact) mass is 249 g/mol. The molecule has 3 N–H and O–H groups in total. The van der Waals surface area contributed by atoms with Gasteiger partial charge in [-0.2, -0.15) is 0 Å². The van der Waals surface area contributed by atoms with Crippen LogP contribution in [0.2, 0.25) is 0 Å². The third kappa shape index (κ3) is 2.07. The van der Waals surface area contributed by atoms with Gasteiger partial charge in [0.25, 0.3) is 0 Å². The molecule has 0 fully saturated rings. The Balaban J connectivity index is 2.77. The highest BCUT2D eigenvalue weighted by Gasteiger charge is 2.18. The number of aliphatic hydroxyl groups is 1. The van der Waals surface area contributed by atoms with Crippen LogP contribution in [0.5, 0.6) is 0 Å². The van der Waals surface area contributed by atoms with E-state index in [9.17, 15) is 5.11 Å². The number of rotatable bonds is 3. The average Bonchev–Trinajstić information content (AvgIpc) is 2.48. The lowest BCUT2D eigenvalue weighted by Crippen LogP contribution is -2.18. The van der Waals surface area contributed by atoms with Gasteiger partial charge in [-0.1, -0.05) is 6.92 Å². The summed E-state index contributed by atoms with van der Waals surface area (Å²) in [6.45, 7) is 2.45. The minimum Gasteiger partial charge on any atom is -0.387 e. The van der Waals surface area contributed by atoms with Gasteiger partial charge in [-0.15, -0.1) is 11.3 Å². The molecule has 1 aromatic rings. The number of halogens is 1. The van der Waals surface area contributed by atoms with Crippen molar-refractivity contribution in [2.24, 2.45) is 11.7 Å². The predicted octanol–water partition coefficient (Wildman–Crippen LogP) is 2.14. The Morgan fingerprint density at radius 1 is 1.75 bits per heavy atom. The third-order valence-corrected chi connectivity index (χ3v) is 3.77. The summed E-state index contributed by atoms with van der Waals surface area (Å²) in [5, 5.41) is 11.7. The van der Waals surface area contributed by atoms with E-state index >= 15 is 0 Å². The van der Waals surface area contributed by atoms with Crippen molar-refractivity contribution in [1.82, 2.24) is 0 Å². The lowest BCUT2D eigenvalue weighted by molar-refractivity contribution is 0.124. The largest absolute Gasteiger partial charge is 0.387 e. The van der Waals surface area contributed by atoms with Crippen LogP contribution in [-0.4, -0.2) is 11.7 Å². The fourth-order valence-electron chi connectivity index (χ4n) is 0.904. The van der Waals surface area contributed by atoms with Crippen molar-refractivity contribution in [2.45, 2.75) is 13.0 Å². The predicted molar refractivity (Wildman–Crippen MR) is 55.2 cm³/mol. The Morgan fingerprint density at radius 2 is 2.42 bits per heavy atom. The number of hydrogen-bond acceptors (Lipinski definition) is 3. The molecule has 0 saturated heterocycles. The number of thiophene rings is 1. The van der Waals surface area contributed by atoms with E-state index in [1.54, 1.807) is 11.3 Å². The Labute approximate surface area is 84.5 Å². The fourth-order valence-corrected chi connectivity index (χ4v) is 2.63. The SMILES string of the molecule is CC(CN)C(O)c1sccc1Br. The molecule has 0 spiro atoms. The van der Waals surface area contributed by atoms with Gasteiger partial charge in [-0.25, -0.2) is 0 Å². The quantitative estimate of drug-likeness (QED) is 0.863. The van der Waals surface area contributed by atoms with E-state index in [0.29, 0.717) is 6.54 Å². The van der Waals surface area contributed by atoms with E-state index in [-0.39, 0.29) is 5.92 Å². The van der Waals surface area contributed by atoms with Gasteiger partial charge in [0.05, 0.1) is 6.10 Å². The van der Waals surface area contributed by atoms with E-state index in [2.05, 4.69) is 15.9 Å². The van der Waals surface area contributed by atoms with E-state index in [4.69, 9.17) is 5.73 Å². The van der Waals surface area contributed by atoms with E-state index < -0.39 is 6.10 Å². The van der Waals surface area contributed by atoms with Crippen molar-refractivity contribution in [2.75, 3.05) is 6.54 Å². The van der Waals surface area contributed by atoms with Crippen molar-refractivity contribution in [3.05, 3.63) is 20.8 Å². The molecule has 68 valence electrons. The van der Waals surface area contributed by atoms with Gasteiger partial charge in [0.2, 0.25) is 0 Å². The Morgan fingerprint density at radius 3 is 2.83 bits per heavy atom. The molecule has 0 aliphatic heterocycles. The first kappa shape index (κ1) is 10.2. The number of nitrogens with two attached hydrogens (primary N) is 1. The van der Waals surface area contributed by atoms with Gasteiger partial charge in [0.1, 0.15) is 0 Å². The zero-order chi connectivity index (χ0) is 9.14. The maximum Gasteiger partial charge on any atom is 0.0930 e. The van der Waals surface area contributed by atoms with Crippen molar-refractivity contribution >= 4 is 27.3 Å². The van der Waals surface area contributed by atoms with Gasteiger partial charge in [0.15, 0.2) is 0 Å². The lowest BCUT2D eigenvalue weighted by Gasteiger charge is -2.15. The molecule has 12 heavy (non-hydrogen) atoms. The maximum atomic E-state index is 9.76. The summed E-state index contributed by atoms with van der Waals surface area (Å²) < 4.78 is 0.973. The minimum atomic E-state index is -0.440. The van der Waals surface area contributed by atoms with E-state index in [1.165, 1.54) is 0 Å². The van der Waals surface area contributed by atoms with Crippen LogP contribution >= 0.6 is 27.3 Å². The minimum absolute atomic E-state index is 0.111. The first-order valence-corrected chi connectivity index (χ1v) is 5.45. The Hall–Kier alpha value is 0.100. The number of hydrogen-bond donors (Lipinski definition) is 2. The summed E-state index contributed by atoms with van der Waals surface area (Å²) in [5.74, 6) is 0.111. The molecule has 2 atom stereocenters. The smallest absolute Gasteiger partial charge is 0.0930 e. The lowest BCUT2D eigenvalue weighted by atomic mass is 10.0. The van der Waals surface area contributed by atoms with Crippen LogP contribution in [0.3, 0.4) is 0 Å². The van der Waals surface area contributed by atoms with E-state index in [0.717, 1.165) is 9.35 Å². The van der Waals surface area contributed by atoms with Crippen LogP contribution in [0.15, 0.2) is 15.9 Å². The second-order valence-corrected chi connectivity index (χ2v) is 4.59. The highest BCUT2D eigenvalue weighted by Crippen LogP contribution is 2.32. The average molecular weight is 250 g/mol. The normalized spacial score (nSPS) is 16.0. The molecule has 0 radical (unpaired) electrons. The van der Waals surface area contributed by atoms with Crippen LogP contribution in [0.4, 0.5) is 0 Å². The highest BCUT2D eigenvalue weighted by molar-refractivity contribution is 9.10. The molecule has 1 aromatic heterocycles. The van der Waals surface area contributed by atoms with Crippen LogP contribution < -0.4 is 5.73 Å². The van der Waals surface area contributed by atoms with Gasteiger partial charge in [-0.3, -0.25) is 0 Å². The van der Waals surface area contributed by atoms with Crippen LogP contribution in [0.1, 0.15) is 17.9 Å². The second-order valence-electron chi connectivity index (χ2n) is 2.79. The summed E-state index contributed by atoms with van der Waals surface area (Å²) in [5.41, 5.74) is 5.46. The molecule has 0 saturated carbocycles. The third-order valence-electron chi connectivity index (χ3n) is 1.82. The summed E-state index contributed by atoms with van der Waals surface area (Å²) >= 11 is 4.92. The van der Waals surface area contributed by atoms with Crippen molar-refractivity contribution in [3.8, 4) is 0 Å². The molecular formula is C8H12BrNOS. The maximum absolute atomic E-state index is 9.76. The molecule has 1 heterocycles. The summed E-state index contributed by atoms with van der Waals surface area (Å²) in [7, 11) is 0. The Kier molecular flexibility index (Phi) is 3.71. The molecule has 2 nitrogen and oxygen atoms in total. The van der Waals surface area contributed by atoms with Crippen molar-refractivity contribution < 1.29 is 5.11 Å².